The van der Waals surface area contributed by atoms with Crippen LogP contribution < -0.4 is 4.74 Å². The predicted octanol–water partition coefficient (Wildman–Crippen LogP) is 5.72. The van der Waals surface area contributed by atoms with E-state index < -0.39 is 11.7 Å². The van der Waals surface area contributed by atoms with Crippen molar-refractivity contribution in [3.05, 3.63) is 71.2 Å². The maximum absolute atomic E-state index is 12.7. The average molecular weight is 401 g/mol. The summed E-state index contributed by atoms with van der Waals surface area (Å²) < 4.78 is 43.9. The monoisotopic (exact) mass is 401 g/mol. The molecule has 1 aromatic heterocycles. The average Bonchev–Trinajstić information content (AvgIpc) is 3.55. The van der Waals surface area contributed by atoms with Crippen LogP contribution in [0.2, 0.25) is 0 Å². The molecule has 152 valence electrons. The molecule has 0 atom stereocenters. The minimum absolute atomic E-state index is 0.111. The third kappa shape index (κ3) is 4.60. The van der Waals surface area contributed by atoms with Crippen LogP contribution in [-0.4, -0.2) is 22.2 Å². The summed E-state index contributed by atoms with van der Waals surface area (Å²) in [7, 11) is 0. The molecule has 4 nitrogen and oxygen atoms in total. The van der Waals surface area contributed by atoms with Gasteiger partial charge in [-0.25, -0.2) is 9.99 Å². The van der Waals surface area contributed by atoms with Gasteiger partial charge < -0.3 is 4.74 Å². The van der Waals surface area contributed by atoms with Crippen LogP contribution in [0.3, 0.4) is 0 Å². The fourth-order valence-electron chi connectivity index (χ4n) is 3.27. The van der Waals surface area contributed by atoms with Crippen molar-refractivity contribution >= 4 is 5.71 Å². The van der Waals surface area contributed by atoms with Gasteiger partial charge in [-0.15, -0.1) is 0 Å². The Balaban J connectivity index is 1.51. The van der Waals surface area contributed by atoms with Crippen molar-refractivity contribution < 1.29 is 17.9 Å². The van der Waals surface area contributed by atoms with Gasteiger partial charge in [0.15, 0.2) is 0 Å². The van der Waals surface area contributed by atoms with Gasteiger partial charge >= 0.3 is 6.18 Å². The first-order chi connectivity index (χ1) is 13.9. The topological polar surface area (TPSA) is 37.7 Å². The van der Waals surface area contributed by atoms with Gasteiger partial charge in [-0.2, -0.15) is 18.3 Å². The van der Waals surface area contributed by atoms with Gasteiger partial charge in [-0.05, 0) is 54.5 Å². The number of pyridine rings is 1. The van der Waals surface area contributed by atoms with Crippen LogP contribution >= 0.6 is 0 Å². The molecule has 1 fully saturated rings. The summed E-state index contributed by atoms with van der Waals surface area (Å²) >= 11 is 0. The van der Waals surface area contributed by atoms with Crippen molar-refractivity contribution in [1.82, 2.24) is 9.99 Å². The van der Waals surface area contributed by atoms with Crippen LogP contribution in [0.15, 0.2) is 59.7 Å². The number of rotatable bonds is 6. The molecule has 7 heteroatoms. The fraction of sp³-hybridized carbons (Fsp3) is 0.364. The molecule has 0 N–H and O–H groups in total. The van der Waals surface area contributed by atoms with E-state index in [9.17, 15) is 13.2 Å². The number of hydrogen-bond donors (Lipinski definition) is 0. The molecule has 1 saturated carbocycles. The highest BCUT2D eigenvalue weighted by Gasteiger charge is 2.31. The third-order valence-corrected chi connectivity index (χ3v) is 4.94. The number of aromatic nitrogens is 1. The Hall–Kier alpha value is -2.83. The molecule has 0 spiro atoms. The molecule has 1 aromatic carbocycles. The fourth-order valence-corrected chi connectivity index (χ4v) is 3.27. The van der Waals surface area contributed by atoms with E-state index in [1.807, 2.05) is 13.0 Å². The molecule has 4 rings (SSSR count). The van der Waals surface area contributed by atoms with Gasteiger partial charge in [0.05, 0.1) is 11.3 Å². The zero-order valence-electron chi connectivity index (χ0n) is 16.1. The summed E-state index contributed by atoms with van der Waals surface area (Å²) in [6, 6.07) is 10.7. The quantitative estimate of drug-likeness (QED) is 0.621. The second-order valence-electron chi connectivity index (χ2n) is 7.30. The van der Waals surface area contributed by atoms with Crippen LogP contribution in [0.1, 0.15) is 55.2 Å². The van der Waals surface area contributed by atoms with Crippen LogP contribution in [0.25, 0.3) is 0 Å². The van der Waals surface area contributed by atoms with Crippen molar-refractivity contribution in [1.29, 1.82) is 0 Å². The van der Waals surface area contributed by atoms with Gasteiger partial charge in [0.2, 0.25) is 11.8 Å². The molecule has 0 bridgehead atoms. The van der Waals surface area contributed by atoms with E-state index in [0.29, 0.717) is 24.8 Å². The number of hydrazone groups is 1. The molecule has 29 heavy (non-hydrogen) atoms. The summed E-state index contributed by atoms with van der Waals surface area (Å²) in [5.41, 5.74) is 2.60. The highest BCUT2D eigenvalue weighted by Crippen LogP contribution is 2.40. The van der Waals surface area contributed by atoms with Gasteiger partial charge in [0.1, 0.15) is 0 Å². The van der Waals surface area contributed by atoms with Gasteiger partial charge in [0.25, 0.3) is 0 Å². The van der Waals surface area contributed by atoms with Crippen molar-refractivity contribution in [2.24, 2.45) is 5.10 Å². The van der Waals surface area contributed by atoms with E-state index in [-0.39, 0.29) is 5.88 Å². The Morgan fingerprint density at radius 3 is 2.66 bits per heavy atom. The summed E-state index contributed by atoms with van der Waals surface area (Å²) in [4.78, 5) is 3.79. The predicted molar refractivity (Wildman–Crippen MR) is 105 cm³/mol. The highest BCUT2D eigenvalue weighted by atomic mass is 19.4. The maximum atomic E-state index is 12.7. The first kappa shape index (κ1) is 19.5. The lowest BCUT2D eigenvalue weighted by Gasteiger charge is -2.26. The highest BCUT2D eigenvalue weighted by molar-refractivity contribution is 6.01. The Morgan fingerprint density at radius 1 is 1.17 bits per heavy atom. The van der Waals surface area contributed by atoms with Gasteiger partial charge in [-0.3, -0.25) is 0 Å². The van der Waals surface area contributed by atoms with E-state index in [1.165, 1.54) is 24.5 Å². The molecular weight excluding hydrogens is 379 g/mol. The molecule has 0 amide bonds. The van der Waals surface area contributed by atoms with Crippen LogP contribution in [0.5, 0.6) is 5.88 Å². The van der Waals surface area contributed by atoms with Crippen LogP contribution in [0, 0.1) is 0 Å². The standard InChI is InChI=1S/C22H22F3N3O/c1-2-12-28-21(29-20-10-8-18(14-26-20)22(23,24)25)11-9-19(27-28)17-5-3-4-16(13-17)15-6-7-15/h3-5,8,10-11,13-15H,2,6-7,9,12H2,1H3. The first-order valence-electron chi connectivity index (χ1n) is 9.80. The molecule has 2 aromatic rings. The summed E-state index contributed by atoms with van der Waals surface area (Å²) in [6.07, 6.45) is 2.19. The third-order valence-electron chi connectivity index (χ3n) is 4.94. The van der Waals surface area contributed by atoms with E-state index in [2.05, 4.69) is 29.2 Å². The molecule has 2 aliphatic rings. The van der Waals surface area contributed by atoms with Crippen molar-refractivity contribution in [3.63, 3.8) is 0 Å². The van der Waals surface area contributed by atoms with Crippen molar-refractivity contribution in [2.45, 2.75) is 44.7 Å². The summed E-state index contributed by atoms with van der Waals surface area (Å²) in [6.45, 7) is 2.67. The second kappa shape index (κ2) is 7.89. The minimum Gasteiger partial charge on any atom is -0.421 e. The minimum atomic E-state index is -4.42. The van der Waals surface area contributed by atoms with Crippen molar-refractivity contribution in [2.75, 3.05) is 6.54 Å². The zero-order valence-corrected chi connectivity index (χ0v) is 16.1. The second-order valence-corrected chi connectivity index (χ2v) is 7.30. The van der Waals surface area contributed by atoms with E-state index in [1.54, 1.807) is 5.01 Å². The zero-order chi connectivity index (χ0) is 20.4. The molecule has 0 unspecified atom stereocenters. The SMILES string of the molecule is CCCN1N=C(c2cccc(C3CC3)c2)CC=C1Oc1ccc(C(F)(F)F)cn1. The molecule has 2 heterocycles. The molecule has 1 aliphatic heterocycles. The lowest BCUT2D eigenvalue weighted by atomic mass is 10.0. The van der Waals surface area contributed by atoms with Crippen LogP contribution in [-0.2, 0) is 6.18 Å². The Labute approximate surface area is 167 Å². The summed E-state index contributed by atoms with van der Waals surface area (Å²) in [5.74, 6) is 1.27. The number of alkyl halides is 3. The number of allylic oxidation sites excluding steroid dienone is 1. The largest absolute Gasteiger partial charge is 0.421 e. The van der Waals surface area contributed by atoms with Gasteiger partial charge in [0, 0.05) is 25.2 Å². The van der Waals surface area contributed by atoms with E-state index in [0.717, 1.165) is 30.0 Å². The summed E-state index contributed by atoms with van der Waals surface area (Å²) in [5, 5.41) is 6.50. The Bertz CT molecular complexity index is 931. The van der Waals surface area contributed by atoms with Crippen molar-refractivity contribution in [3.8, 4) is 5.88 Å². The van der Waals surface area contributed by atoms with Gasteiger partial charge in [-0.1, -0.05) is 25.1 Å². The van der Waals surface area contributed by atoms with Crippen LogP contribution in [0.4, 0.5) is 13.2 Å². The molecule has 0 radical (unpaired) electrons. The number of halogens is 3. The number of ether oxygens (including phenoxy) is 1. The van der Waals surface area contributed by atoms with E-state index in [4.69, 9.17) is 9.84 Å². The normalized spacial score (nSPS) is 17.0. The molecular formula is C22H22F3N3O. The lowest BCUT2D eigenvalue weighted by Crippen LogP contribution is -2.27. The number of nitrogens with zero attached hydrogens (tertiary/aromatic N) is 3. The Morgan fingerprint density at radius 2 is 2.00 bits per heavy atom. The lowest BCUT2D eigenvalue weighted by molar-refractivity contribution is -0.137. The van der Waals surface area contributed by atoms with E-state index >= 15 is 0 Å². The first-order valence-corrected chi connectivity index (χ1v) is 9.80. The molecule has 0 saturated heterocycles. The Kier molecular flexibility index (Phi) is 5.30. The number of hydrogen-bond acceptors (Lipinski definition) is 4. The smallest absolute Gasteiger partial charge is 0.417 e. The maximum Gasteiger partial charge on any atom is 0.417 e. The molecule has 1 aliphatic carbocycles. The number of benzene rings is 1.